The fraction of sp³-hybridized carbons (Fsp3) is 0.533. The molecule has 0 aliphatic carbocycles. The van der Waals surface area contributed by atoms with Crippen molar-refractivity contribution in [3.63, 3.8) is 0 Å². The van der Waals surface area contributed by atoms with E-state index >= 15 is 0 Å². The molecule has 1 aromatic rings. The van der Waals surface area contributed by atoms with Gasteiger partial charge in [-0.05, 0) is 31.0 Å². The van der Waals surface area contributed by atoms with Crippen molar-refractivity contribution in [1.29, 1.82) is 0 Å². The van der Waals surface area contributed by atoms with Crippen molar-refractivity contribution in [2.24, 2.45) is 11.7 Å². The minimum absolute atomic E-state index is 0.111. The third-order valence-corrected chi connectivity index (χ3v) is 3.32. The molecule has 20 heavy (non-hydrogen) atoms. The zero-order chi connectivity index (χ0) is 14.5. The van der Waals surface area contributed by atoms with Crippen molar-refractivity contribution < 1.29 is 14.3 Å². The Bertz CT molecular complexity index is 476. The Morgan fingerprint density at radius 2 is 2.30 bits per heavy atom. The maximum absolute atomic E-state index is 12.2. The lowest BCUT2D eigenvalue weighted by Crippen LogP contribution is -2.37. The molecule has 0 spiro atoms. The quantitative estimate of drug-likeness (QED) is 0.859. The van der Waals surface area contributed by atoms with Gasteiger partial charge in [0.25, 0.3) is 0 Å². The van der Waals surface area contributed by atoms with E-state index in [0.29, 0.717) is 31.3 Å². The SMILES string of the molecule is CCCOc1cc(C)ccc1NC(=O)C1COCC1N. The first-order valence-corrected chi connectivity index (χ1v) is 6.99. The highest BCUT2D eigenvalue weighted by Gasteiger charge is 2.31. The summed E-state index contributed by atoms with van der Waals surface area (Å²) in [6.45, 7) is 5.47. The number of ether oxygens (including phenoxy) is 2. The van der Waals surface area contributed by atoms with Crippen LogP contribution in [-0.4, -0.2) is 31.8 Å². The van der Waals surface area contributed by atoms with Crippen LogP contribution in [0.5, 0.6) is 5.75 Å². The van der Waals surface area contributed by atoms with Crippen LogP contribution in [0.3, 0.4) is 0 Å². The predicted octanol–water partition coefficient (Wildman–Crippen LogP) is 1.70. The average molecular weight is 278 g/mol. The van der Waals surface area contributed by atoms with Crippen LogP contribution in [0.2, 0.25) is 0 Å². The van der Waals surface area contributed by atoms with Crippen molar-refractivity contribution in [1.82, 2.24) is 0 Å². The second-order valence-electron chi connectivity index (χ2n) is 5.15. The van der Waals surface area contributed by atoms with Gasteiger partial charge in [0.2, 0.25) is 5.91 Å². The first-order chi connectivity index (χ1) is 9.61. The zero-order valence-corrected chi connectivity index (χ0v) is 12.0. The van der Waals surface area contributed by atoms with E-state index in [1.165, 1.54) is 0 Å². The molecule has 0 aromatic heterocycles. The summed E-state index contributed by atoms with van der Waals surface area (Å²) in [5.41, 5.74) is 7.64. The van der Waals surface area contributed by atoms with Gasteiger partial charge in [-0.25, -0.2) is 0 Å². The van der Waals surface area contributed by atoms with E-state index in [0.717, 1.165) is 12.0 Å². The van der Waals surface area contributed by atoms with Gasteiger partial charge in [-0.1, -0.05) is 13.0 Å². The number of nitrogens with one attached hydrogen (secondary N) is 1. The molecular weight excluding hydrogens is 256 g/mol. The molecule has 0 radical (unpaired) electrons. The second kappa shape index (κ2) is 6.72. The van der Waals surface area contributed by atoms with Gasteiger partial charge >= 0.3 is 0 Å². The average Bonchev–Trinajstić information content (AvgIpc) is 2.85. The van der Waals surface area contributed by atoms with Crippen LogP contribution in [0.25, 0.3) is 0 Å². The second-order valence-corrected chi connectivity index (χ2v) is 5.15. The largest absolute Gasteiger partial charge is 0.491 e. The number of aryl methyl sites for hydroxylation is 1. The Labute approximate surface area is 119 Å². The summed E-state index contributed by atoms with van der Waals surface area (Å²) in [6, 6.07) is 5.50. The Kier molecular flexibility index (Phi) is 4.98. The Morgan fingerprint density at radius 3 is 2.95 bits per heavy atom. The summed E-state index contributed by atoms with van der Waals surface area (Å²) in [4.78, 5) is 12.2. The molecule has 1 aromatic carbocycles. The Balaban J connectivity index is 2.09. The van der Waals surface area contributed by atoms with Crippen LogP contribution in [-0.2, 0) is 9.53 Å². The predicted molar refractivity (Wildman–Crippen MR) is 77.9 cm³/mol. The highest BCUT2D eigenvalue weighted by molar-refractivity contribution is 5.94. The highest BCUT2D eigenvalue weighted by atomic mass is 16.5. The minimum Gasteiger partial charge on any atom is -0.491 e. The van der Waals surface area contributed by atoms with Crippen LogP contribution in [0.1, 0.15) is 18.9 Å². The maximum Gasteiger partial charge on any atom is 0.231 e. The number of anilines is 1. The van der Waals surface area contributed by atoms with Crippen LogP contribution in [0, 0.1) is 12.8 Å². The normalized spacial score (nSPS) is 21.8. The third-order valence-electron chi connectivity index (χ3n) is 3.32. The summed E-state index contributed by atoms with van der Waals surface area (Å²) in [5.74, 6) is 0.295. The van der Waals surface area contributed by atoms with E-state index in [1.807, 2.05) is 32.0 Å². The molecule has 1 fully saturated rings. The van der Waals surface area contributed by atoms with Crippen molar-refractivity contribution in [2.45, 2.75) is 26.3 Å². The molecule has 2 atom stereocenters. The highest BCUT2D eigenvalue weighted by Crippen LogP contribution is 2.27. The fourth-order valence-electron chi connectivity index (χ4n) is 2.13. The van der Waals surface area contributed by atoms with Gasteiger partial charge in [-0.2, -0.15) is 0 Å². The number of amides is 1. The Morgan fingerprint density at radius 1 is 1.50 bits per heavy atom. The van der Waals surface area contributed by atoms with E-state index < -0.39 is 0 Å². The summed E-state index contributed by atoms with van der Waals surface area (Å²) in [5, 5.41) is 2.90. The number of nitrogens with two attached hydrogens (primary N) is 1. The van der Waals surface area contributed by atoms with Crippen LogP contribution in [0.15, 0.2) is 18.2 Å². The zero-order valence-electron chi connectivity index (χ0n) is 12.0. The van der Waals surface area contributed by atoms with Gasteiger partial charge in [0.15, 0.2) is 0 Å². The molecule has 0 saturated carbocycles. The van der Waals surface area contributed by atoms with E-state index in [2.05, 4.69) is 5.32 Å². The summed E-state index contributed by atoms with van der Waals surface area (Å²) < 4.78 is 10.9. The minimum atomic E-state index is -0.296. The van der Waals surface area contributed by atoms with Gasteiger partial charge in [0.05, 0.1) is 31.4 Å². The number of hydrogen-bond acceptors (Lipinski definition) is 4. The lowest BCUT2D eigenvalue weighted by atomic mass is 10.0. The van der Waals surface area contributed by atoms with Gasteiger partial charge < -0.3 is 20.5 Å². The monoisotopic (exact) mass is 278 g/mol. The molecule has 1 aliphatic rings. The summed E-state index contributed by atoms with van der Waals surface area (Å²) in [7, 11) is 0. The molecule has 110 valence electrons. The van der Waals surface area contributed by atoms with E-state index in [-0.39, 0.29) is 17.9 Å². The number of hydrogen-bond donors (Lipinski definition) is 2. The van der Waals surface area contributed by atoms with Crippen molar-refractivity contribution >= 4 is 11.6 Å². The molecule has 1 aliphatic heterocycles. The smallest absolute Gasteiger partial charge is 0.231 e. The molecule has 1 saturated heterocycles. The summed E-state index contributed by atoms with van der Waals surface area (Å²) in [6.07, 6.45) is 0.919. The molecule has 5 nitrogen and oxygen atoms in total. The number of carbonyl (C=O) groups excluding carboxylic acids is 1. The van der Waals surface area contributed by atoms with E-state index in [9.17, 15) is 4.79 Å². The molecule has 0 bridgehead atoms. The van der Waals surface area contributed by atoms with Crippen LogP contribution >= 0.6 is 0 Å². The van der Waals surface area contributed by atoms with Gasteiger partial charge in [-0.15, -0.1) is 0 Å². The lowest BCUT2D eigenvalue weighted by Gasteiger charge is -2.16. The first-order valence-electron chi connectivity index (χ1n) is 6.99. The number of rotatable bonds is 5. The lowest BCUT2D eigenvalue weighted by molar-refractivity contribution is -0.120. The van der Waals surface area contributed by atoms with Crippen molar-refractivity contribution in [3.05, 3.63) is 23.8 Å². The molecule has 2 rings (SSSR count). The van der Waals surface area contributed by atoms with E-state index in [1.54, 1.807) is 0 Å². The third kappa shape index (κ3) is 3.49. The molecule has 3 N–H and O–H groups in total. The van der Waals surface area contributed by atoms with Crippen LogP contribution < -0.4 is 15.8 Å². The van der Waals surface area contributed by atoms with Crippen molar-refractivity contribution in [3.8, 4) is 5.75 Å². The van der Waals surface area contributed by atoms with Gasteiger partial charge in [-0.3, -0.25) is 4.79 Å². The first kappa shape index (κ1) is 14.8. The Hall–Kier alpha value is -1.59. The fourth-order valence-corrected chi connectivity index (χ4v) is 2.13. The van der Waals surface area contributed by atoms with Gasteiger partial charge in [0.1, 0.15) is 5.75 Å². The van der Waals surface area contributed by atoms with Crippen LogP contribution in [0.4, 0.5) is 5.69 Å². The summed E-state index contributed by atoms with van der Waals surface area (Å²) >= 11 is 0. The maximum atomic E-state index is 12.2. The van der Waals surface area contributed by atoms with E-state index in [4.69, 9.17) is 15.2 Å². The number of carbonyl (C=O) groups is 1. The number of benzene rings is 1. The molecule has 1 amide bonds. The molecule has 1 heterocycles. The molecule has 5 heteroatoms. The standard InChI is InChI=1S/C15H22N2O3/c1-3-6-20-14-7-10(2)4-5-13(14)17-15(18)11-8-19-9-12(11)16/h4-5,7,11-12H,3,6,8-9,16H2,1-2H3,(H,17,18). The topological polar surface area (TPSA) is 73.6 Å². The van der Waals surface area contributed by atoms with Crippen molar-refractivity contribution in [2.75, 3.05) is 25.1 Å². The molecular formula is C15H22N2O3. The molecule has 2 unspecified atom stereocenters. The van der Waals surface area contributed by atoms with Gasteiger partial charge in [0, 0.05) is 6.04 Å².